The monoisotopic (exact) mass is 330 g/mol. The van der Waals surface area contributed by atoms with Crippen molar-refractivity contribution in [1.82, 2.24) is 0 Å². The van der Waals surface area contributed by atoms with Gasteiger partial charge in [-0.15, -0.1) is 0 Å². The van der Waals surface area contributed by atoms with Crippen LogP contribution in [0.15, 0.2) is 52.0 Å². The fourth-order valence-corrected chi connectivity index (χ4v) is 7.95. The molecule has 2 heterocycles. The van der Waals surface area contributed by atoms with E-state index in [-0.39, 0.29) is 0 Å². The molecule has 0 bridgehead atoms. The van der Waals surface area contributed by atoms with Crippen LogP contribution in [-0.2, 0) is 11.8 Å². The van der Waals surface area contributed by atoms with Gasteiger partial charge in [-0.05, 0) is 50.5 Å². The van der Waals surface area contributed by atoms with Crippen LogP contribution in [0.2, 0.25) is 0 Å². The number of para-hydroxylation sites is 1. The lowest BCUT2D eigenvalue weighted by Gasteiger charge is -2.31. The van der Waals surface area contributed by atoms with Crippen molar-refractivity contribution < 1.29 is 4.42 Å². The number of anilines is 1. The molecule has 1 aromatic carbocycles. The van der Waals surface area contributed by atoms with E-state index in [1.807, 2.05) is 31.2 Å². The van der Waals surface area contributed by atoms with Gasteiger partial charge >= 0.3 is 0 Å². The van der Waals surface area contributed by atoms with E-state index in [1.54, 1.807) is 0 Å². The highest BCUT2D eigenvalue weighted by Gasteiger charge is 2.47. The highest BCUT2D eigenvalue weighted by atomic mass is 32.4. The van der Waals surface area contributed by atoms with E-state index in [2.05, 4.69) is 23.0 Å². The van der Waals surface area contributed by atoms with Crippen molar-refractivity contribution in [3.63, 3.8) is 0 Å². The second-order valence-electron chi connectivity index (χ2n) is 5.99. The van der Waals surface area contributed by atoms with Gasteiger partial charge in [0.15, 0.2) is 5.50 Å². The Morgan fingerprint density at radius 3 is 2.73 bits per heavy atom. The van der Waals surface area contributed by atoms with Crippen molar-refractivity contribution in [2.75, 3.05) is 4.78 Å². The van der Waals surface area contributed by atoms with Crippen molar-refractivity contribution in [2.45, 2.75) is 38.3 Å². The summed E-state index contributed by atoms with van der Waals surface area (Å²) in [5, 5.41) is 4.95. The minimum atomic E-state index is -2.07. The number of benzene rings is 1. The van der Waals surface area contributed by atoms with Crippen LogP contribution in [0.5, 0.6) is 0 Å². The summed E-state index contributed by atoms with van der Waals surface area (Å²) < 4.78 is 8.12. The van der Waals surface area contributed by atoms with E-state index >= 15 is 0 Å². The van der Waals surface area contributed by atoms with Crippen LogP contribution >= 0.6 is 6.19 Å². The van der Waals surface area contributed by atoms with Gasteiger partial charge in [0.1, 0.15) is 11.9 Å². The third kappa shape index (κ3) is 2.09. The van der Waals surface area contributed by atoms with Gasteiger partial charge in [0.25, 0.3) is 0 Å². The summed E-state index contributed by atoms with van der Waals surface area (Å²) in [7, 11) is 0. The predicted molar refractivity (Wildman–Crippen MR) is 96.0 cm³/mol. The Labute approximate surface area is 136 Å². The summed E-state index contributed by atoms with van der Waals surface area (Å²) in [5.74, 6) is 0.927. The Morgan fingerprint density at radius 2 is 2.00 bits per heavy atom. The van der Waals surface area contributed by atoms with Crippen LogP contribution < -0.4 is 10.3 Å². The van der Waals surface area contributed by atoms with Gasteiger partial charge < -0.3 is 4.42 Å². The molecule has 2 aliphatic rings. The molecule has 3 nitrogen and oxygen atoms in total. The van der Waals surface area contributed by atoms with Gasteiger partial charge in [0, 0.05) is 5.71 Å². The summed E-state index contributed by atoms with van der Waals surface area (Å²) >= 11 is 6.28. The summed E-state index contributed by atoms with van der Waals surface area (Å²) in [6.45, 7) is 1.98. The normalized spacial score (nSPS) is 27.6. The zero-order chi connectivity index (χ0) is 15.2. The third-order valence-electron chi connectivity index (χ3n) is 4.50. The molecular formula is C17H19N2OPS. The van der Waals surface area contributed by atoms with Crippen LogP contribution in [0.25, 0.3) is 0 Å². The first-order valence-electron chi connectivity index (χ1n) is 7.79. The molecule has 22 heavy (non-hydrogen) atoms. The zero-order valence-electron chi connectivity index (χ0n) is 12.6. The average Bonchev–Trinajstić information content (AvgIpc) is 3.12. The quantitative estimate of drug-likeness (QED) is 0.763. The van der Waals surface area contributed by atoms with Crippen LogP contribution in [-0.4, -0.2) is 11.4 Å². The number of hydrogen-bond acceptors (Lipinski definition) is 3. The third-order valence-corrected chi connectivity index (χ3v) is 9.42. The number of aryl methyl sites for hydroxylation is 1. The van der Waals surface area contributed by atoms with Gasteiger partial charge in [-0.2, -0.15) is 5.10 Å². The fourth-order valence-electron chi connectivity index (χ4n) is 3.42. The van der Waals surface area contributed by atoms with Crippen molar-refractivity contribution in [1.29, 1.82) is 0 Å². The van der Waals surface area contributed by atoms with Crippen molar-refractivity contribution in [2.24, 2.45) is 5.10 Å². The molecule has 2 atom stereocenters. The molecule has 1 saturated carbocycles. The van der Waals surface area contributed by atoms with Gasteiger partial charge in [-0.1, -0.05) is 36.4 Å². The summed E-state index contributed by atoms with van der Waals surface area (Å²) in [6, 6.07) is 14.4. The van der Waals surface area contributed by atoms with E-state index in [0.29, 0.717) is 5.66 Å². The first kappa shape index (κ1) is 14.2. The SMILES string of the molecule is Cc1ccc([P@]2(=S)[C@H]3CCCCC3=NN2c2ccccc2)o1. The molecule has 0 radical (unpaired) electrons. The Balaban J connectivity index is 1.87. The van der Waals surface area contributed by atoms with Crippen molar-refractivity contribution in [3.05, 3.63) is 48.2 Å². The molecule has 114 valence electrons. The van der Waals surface area contributed by atoms with Crippen LogP contribution in [0, 0.1) is 6.92 Å². The largest absolute Gasteiger partial charge is 0.459 e. The van der Waals surface area contributed by atoms with E-state index in [1.165, 1.54) is 18.6 Å². The molecular weight excluding hydrogens is 311 g/mol. The molecule has 1 aromatic heterocycles. The second kappa shape index (κ2) is 5.36. The van der Waals surface area contributed by atoms with Crippen LogP contribution in [0.1, 0.15) is 31.4 Å². The predicted octanol–water partition coefficient (Wildman–Crippen LogP) is 4.43. The van der Waals surface area contributed by atoms with E-state index < -0.39 is 6.19 Å². The Hall–Kier alpha value is -1.38. The first-order valence-corrected chi connectivity index (χ1v) is 10.6. The lowest BCUT2D eigenvalue weighted by Crippen LogP contribution is -2.27. The van der Waals surface area contributed by atoms with E-state index in [4.69, 9.17) is 21.3 Å². The fraction of sp³-hybridized carbons (Fsp3) is 0.353. The molecule has 5 heteroatoms. The van der Waals surface area contributed by atoms with Crippen molar-refractivity contribution >= 4 is 34.9 Å². The second-order valence-corrected chi connectivity index (χ2v) is 10.3. The van der Waals surface area contributed by atoms with Gasteiger partial charge in [0.2, 0.25) is 0 Å². The first-order chi connectivity index (χ1) is 10.7. The lowest BCUT2D eigenvalue weighted by atomic mass is 9.98. The van der Waals surface area contributed by atoms with Crippen LogP contribution in [0.4, 0.5) is 5.69 Å². The summed E-state index contributed by atoms with van der Waals surface area (Å²) in [6.07, 6.45) is 2.61. The molecule has 0 amide bonds. The molecule has 0 N–H and O–H groups in total. The maximum Gasteiger partial charge on any atom is 0.157 e. The topological polar surface area (TPSA) is 28.7 Å². The maximum atomic E-state index is 6.28. The van der Waals surface area contributed by atoms with E-state index in [0.717, 1.165) is 29.8 Å². The van der Waals surface area contributed by atoms with Crippen LogP contribution in [0.3, 0.4) is 0 Å². The number of fused-ring (bicyclic) bond motifs is 1. The molecule has 0 unspecified atom stereocenters. The number of hydrogen-bond donors (Lipinski definition) is 0. The molecule has 0 spiro atoms. The zero-order valence-corrected chi connectivity index (χ0v) is 14.3. The summed E-state index contributed by atoms with van der Waals surface area (Å²) in [4.78, 5) is 0. The molecule has 1 aliphatic heterocycles. The minimum absolute atomic E-state index is 0.377. The van der Waals surface area contributed by atoms with Gasteiger partial charge in [-0.25, -0.2) is 4.78 Å². The maximum absolute atomic E-state index is 6.28. The molecule has 2 aromatic rings. The molecule has 1 aliphatic carbocycles. The van der Waals surface area contributed by atoms with Gasteiger partial charge in [-0.3, -0.25) is 0 Å². The Morgan fingerprint density at radius 1 is 1.18 bits per heavy atom. The smallest absolute Gasteiger partial charge is 0.157 e. The molecule has 1 fully saturated rings. The Bertz CT molecular complexity index is 768. The standard InChI is InChI=1S/C17H19N2OPS/c1-13-11-12-17(20-13)21(22)16-10-6-5-9-15(16)18-19(21)14-7-3-2-4-8-14/h2-4,7-8,11-12,16H,5-6,9-10H2,1H3/t16-,21+/m0/s1. The minimum Gasteiger partial charge on any atom is -0.459 e. The average molecular weight is 330 g/mol. The Kier molecular flexibility index (Phi) is 3.47. The summed E-state index contributed by atoms with van der Waals surface area (Å²) in [5.41, 5.74) is 3.70. The number of furan rings is 1. The molecule has 0 saturated heterocycles. The van der Waals surface area contributed by atoms with E-state index in [9.17, 15) is 0 Å². The number of hydrazone groups is 1. The molecule has 4 rings (SSSR count). The highest BCUT2D eigenvalue weighted by molar-refractivity contribution is 8.19. The van der Waals surface area contributed by atoms with Gasteiger partial charge in [0.05, 0.1) is 11.3 Å². The number of rotatable bonds is 2. The lowest BCUT2D eigenvalue weighted by molar-refractivity contribution is 0.564. The number of nitrogens with zero attached hydrogens (tertiary/aromatic N) is 2. The highest BCUT2D eigenvalue weighted by Crippen LogP contribution is 2.62. The van der Waals surface area contributed by atoms with Crippen molar-refractivity contribution in [3.8, 4) is 0 Å².